The zero-order valence-corrected chi connectivity index (χ0v) is 13.2. The molecule has 3 nitrogen and oxygen atoms in total. The molecule has 0 bridgehead atoms. The minimum Gasteiger partial charge on any atom is -0.268 e. The van der Waals surface area contributed by atoms with E-state index in [1.165, 1.54) is 16.8 Å². The molecule has 0 saturated heterocycles. The Labute approximate surface area is 132 Å². The van der Waals surface area contributed by atoms with Gasteiger partial charge in [-0.3, -0.25) is 4.79 Å². The Morgan fingerprint density at radius 3 is 2.81 bits per heavy atom. The van der Waals surface area contributed by atoms with Gasteiger partial charge in [0, 0.05) is 16.1 Å². The first-order valence-corrected chi connectivity index (χ1v) is 7.87. The van der Waals surface area contributed by atoms with Crippen LogP contribution in [-0.2, 0) is 6.54 Å². The molecule has 106 valence electrons. The summed E-state index contributed by atoms with van der Waals surface area (Å²) in [5.74, 6) is -0.361. The molecule has 0 aliphatic heterocycles. The van der Waals surface area contributed by atoms with Gasteiger partial charge in [0.2, 0.25) is 0 Å². The lowest BCUT2D eigenvalue weighted by molar-refractivity contribution is 0.573. The van der Waals surface area contributed by atoms with Gasteiger partial charge >= 0.3 is 0 Å². The van der Waals surface area contributed by atoms with Gasteiger partial charge in [0.05, 0.1) is 11.4 Å². The Morgan fingerprint density at radius 2 is 2.10 bits per heavy atom. The number of hydrogen-bond donors (Lipinski definition) is 0. The van der Waals surface area contributed by atoms with Crippen molar-refractivity contribution in [1.29, 1.82) is 0 Å². The molecule has 21 heavy (non-hydrogen) atoms. The highest BCUT2D eigenvalue weighted by atomic mass is 79.9. The molecule has 0 aliphatic rings. The number of hydrogen-bond acceptors (Lipinski definition) is 3. The van der Waals surface area contributed by atoms with Gasteiger partial charge in [-0.25, -0.2) is 9.07 Å². The molecule has 0 aliphatic carbocycles. The van der Waals surface area contributed by atoms with Crippen LogP contribution >= 0.6 is 27.3 Å². The fourth-order valence-corrected chi connectivity index (χ4v) is 2.95. The van der Waals surface area contributed by atoms with Crippen LogP contribution in [0.4, 0.5) is 4.39 Å². The largest absolute Gasteiger partial charge is 0.268 e. The summed E-state index contributed by atoms with van der Waals surface area (Å²) in [7, 11) is 0. The molecule has 1 aromatic carbocycles. The minimum atomic E-state index is -0.361. The number of rotatable bonds is 3. The monoisotopic (exact) mass is 364 g/mol. The van der Waals surface area contributed by atoms with Crippen LogP contribution in [0, 0.1) is 5.82 Å². The van der Waals surface area contributed by atoms with E-state index in [9.17, 15) is 9.18 Å². The highest BCUT2D eigenvalue weighted by molar-refractivity contribution is 9.10. The van der Waals surface area contributed by atoms with Crippen LogP contribution in [0.25, 0.3) is 10.6 Å². The first kappa shape index (κ1) is 14.2. The van der Waals surface area contributed by atoms with Crippen molar-refractivity contribution in [2.75, 3.05) is 0 Å². The molecular formula is C15H10BrFN2OS. The van der Waals surface area contributed by atoms with E-state index < -0.39 is 0 Å². The summed E-state index contributed by atoms with van der Waals surface area (Å²) < 4.78 is 15.8. The molecule has 0 spiro atoms. The molecule has 2 heterocycles. The predicted octanol–water partition coefficient (Wildman–Crippen LogP) is 3.92. The normalized spacial score (nSPS) is 10.8. The highest BCUT2D eigenvalue weighted by Crippen LogP contribution is 2.21. The van der Waals surface area contributed by atoms with E-state index in [0.717, 1.165) is 4.88 Å². The maximum absolute atomic E-state index is 13.9. The van der Waals surface area contributed by atoms with Crippen LogP contribution in [0.1, 0.15) is 5.56 Å². The first-order chi connectivity index (χ1) is 10.1. The van der Waals surface area contributed by atoms with Crippen LogP contribution < -0.4 is 5.56 Å². The van der Waals surface area contributed by atoms with Gasteiger partial charge < -0.3 is 0 Å². The summed E-state index contributed by atoms with van der Waals surface area (Å²) in [6.07, 6.45) is 0. The molecule has 3 aromatic rings. The molecule has 0 unspecified atom stereocenters. The first-order valence-electron chi connectivity index (χ1n) is 6.19. The SMILES string of the molecule is O=c1ccc(-c2cccs2)nn1Cc1ccc(Br)cc1F. The fourth-order valence-electron chi connectivity index (χ4n) is 1.93. The van der Waals surface area contributed by atoms with Crippen LogP contribution in [0.3, 0.4) is 0 Å². The smallest absolute Gasteiger partial charge is 0.267 e. The molecule has 0 radical (unpaired) electrons. The Hall–Kier alpha value is -1.79. The standard InChI is InChI=1S/C15H10BrFN2OS/c16-11-4-3-10(12(17)8-11)9-19-15(20)6-5-13(18-19)14-2-1-7-21-14/h1-8H,9H2. The Balaban J connectivity index is 1.98. The van der Waals surface area contributed by atoms with Gasteiger partial charge in [-0.2, -0.15) is 5.10 Å². The number of benzene rings is 1. The molecule has 6 heteroatoms. The Morgan fingerprint density at radius 1 is 1.24 bits per heavy atom. The van der Waals surface area contributed by atoms with E-state index in [0.29, 0.717) is 15.7 Å². The molecule has 0 fully saturated rings. The second-order valence-corrected chi connectivity index (χ2v) is 6.29. The lowest BCUT2D eigenvalue weighted by atomic mass is 10.2. The minimum absolute atomic E-state index is 0.108. The Kier molecular flexibility index (Phi) is 3.98. The van der Waals surface area contributed by atoms with Crippen molar-refractivity contribution in [1.82, 2.24) is 9.78 Å². The van der Waals surface area contributed by atoms with Crippen molar-refractivity contribution < 1.29 is 4.39 Å². The highest BCUT2D eigenvalue weighted by Gasteiger charge is 2.08. The predicted molar refractivity (Wildman–Crippen MR) is 85.0 cm³/mol. The van der Waals surface area contributed by atoms with Gasteiger partial charge in [-0.15, -0.1) is 11.3 Å². The molecule has 0 amide bonds. The summed E-state index contributed by atoms with van der Waals surface area (Å²) >= 11 is 4.75. The van der Waals surface area contributed by atoms with Gasteiger partial charge in [-0.05, 0) is 29.6 Å². The van der Waals surface area contributed by atoms with Crippen LogP contribution in [0.5, 0.6) is 0 Å². The van der Waals surface area contributed by atoms with Crippen LogP contribution in [0.2, 0.25) is 0 Å². The summed E-state index contributed by atoms with van der Waals surface area (Å²) in [6, 6.07) is 11.8. The maximum Gasteiger partial charge on any atom is 0.267 e. The third-order valence-electron chi connectivity index (χ3n) is 2.98. The zero-order valence-electron chi connectivity index (χ0n) is 10.8. The van der Waals surface area contributed by atoms with E-state index in [1.807, 2.05) is 17.5 Å². The van der Waals surface area contributed by atoms with E-state index in [2.05, 4.69) is 21.0 Å². The van der Waals surface area contributed by atoms with Crippen molar-refractivity contribution in [3.63, 3.8) is 0 Å². The van der Waals surface area contributed by atoms with Gasteiger partial charge in [-0.1, -0.05) is 28.1 Å². The Bertz CT molecular complexity index is 830. The number of nitrogens with zero attached hydrogens (tertiary/aromatic N) is 2. The van der Waals surface area contributed by atoms with Gasteiger partial charge in [0.1, 0.15) is 11.5 Å². The van der Waals surface area contributed by atoms with Crippen LogP contribution in [0.15, 0.2) is 57.1 Å². The second-order valence-electron chi connectivity index (χ2n) is 4.43. The molecule has 0 N–H and O–H groups in total. The third kappa shape index (κ3) is 3.11. The van der Waals surface area contributed by atoms with Crippen LogP contribution in [-0.4, -0.2) is 9.78 Å². The lowest BCUT2D eigenvalue weighted by Gasteiger charge is -2.07. The second kappa shape index (κ2) is 5.91. The van der Waals surface area contributed by atoms with Gasteiger partial charge in [0.15, 0.2) is 0 Å². The summed E-state index contributed by atoms with van der Waals surface area (Å²) in [5.41, 5.74) is 0.885. The van der Waals surface area contributed by atoms with Crippen molar-refractivity contribution in [3.8, 4) is 10.6 Å². The third-order valence-corrected chi connectivity index (χ3v) is 4.36. The van der Waals surface area contributed by atoms with E-state index >= 15 is 0 Å². The maximum atomic E-state index is 13.9. The van der Waals surface area contributed by atoms with E-state index in [-0.39, 0.29) is 17.9 Å². The molecule has 2 aromatic heterocycles. The molecule has 3 rings (SSSR count). The average molecular weight is 365 g/mol. The number of halogens is 2. The van der Waals surface area contributed by atoms with Gasteiger partial charge in [0.25, 0.3) is 5.56 Å². The van der Waals surface area contributed by atoms with Crippen molar-refractivity contribution >= 4 is 27.3 Å². The zero-order chi connectivity index (χ0) is 14.8. The quantitative estimate of drug-likeness (QED) is 0.705. The van der Waals surface area contributed by atoms with Crippen molar-refractivity contribution in [2.24, 2.45) is 0 Å². The van der Waals surface area contributed by atoms with Crippen molar-refractivity contribution in [3.05, 3.63) is 74.1 Å². The number of aromatic nitrogens is 2. The summed E-state index contributed by atoms with van der Waals surface area (Å²) in [4.78, 5) is 12.9. The van der Waals surface area contributed by atoms with Crippen molar-refractivity contribution in [2.45, 2.75) is 6.54 Å². The molecule has 0 atom stereocenters. The van der Waals surface area contributed by atoms with E-state index in [1.54, 1.807) is 29.5 Å². The number of thiophene rings is 1. The average Bonchev–Trinajstić information content (AvgIpc) is 2.98. The fraction of sp³-hybridized carbons (Fsp3) is 0.0667. The summed E-state index contributed by atoms with van der Waals surface area (Å²) in [6.45, 7) is 0.108. The lowest BCUT2D eigenvalue weighted by Crippen LogP contribution is -2.23. The topological polar surface area (TPSA) is 34.9 Å². The molecule has 0 saturated carbocycles. The molecular weight excluding hydrogens is 355 g/mol. The van der Waals surface area contributed by atoms with E-state index in [4.69, 9.17) is 0 Å². The summed E-state index contributed by atoms with van der Waals surface area (Å²) in [5, 5.41) is 6.26.